The molecule has 0 saturated carbocycles. The summed E-state index contributed by atoms with van der Waals surface area (Å²) in [5.41, 5.74) is 3.48. The molecule has 1 fully saturated rings. The average Bonchev–Trinajstić information content (AvgIpc) is 3.28. The Kier molecular flexibility index (Phi) is 4.48. The molecule has 0 radical (unpaired) electrons. The Morgan fingerprint density at radius 1 is 1.28 bits per heavy atom. The number of nitrogens with zero attached hydrogens (tertiary/aromatic N) is 5. The molecule has 0 N–H and O–H groups in total. The maximum Gasteiger partial charge on any atom is 0.187 e. The van der Waals surface area contributed by atoms with E-state index in [1.807, 2.05) is 11.7 Å². The first-order chi connectivity index (χ1) is 12.1. The third-order valence-corrected chi connectivity index (χ3v) is 6.28. The highest BCUT2D eigenvalue weighted by molar-refractivity contribution is 7.22. The topological polar surface area (TPSA) is 37.2 Å². The molecule has 1 aliphatic heterocycles. The smallest absolute Gasteiger partial charge is 0.187 e. The normalized spacial score (nSPS) is 18.3. The van der Waals surface area contributed by atoms with Crippen molar-refractivity contribution in [3.63, 3.8) is 0 Å². The lowest BCUT2D eigenvalue weighted by Gasteiger charge is -2.21. The second-order valence-corrected chi connectivity index (χ2v) is 8.09. The van der Waals surface area contributed by atoms with Gasteiger partial charge in [0.1, 0.15) is 0 Å². The molecule has 3 aromatic rings. The van der Waals surface area contributed by atoms with E-state index in [-0.39, 0.29) is 0 Å². The van der Waals surface area contributed by atoms with Gasteiger partial charge in [-0.25, -0.2) is 9.67 Å². The van der Waals surface area contributed by atoms with Gasteiger partial charge < -0.3 is 4.90 Å². The molecule has 3 heterocycles. The number of aromatic nitrogens is 3. The van der Waals surface area contributed by atoms with Crippen molar-refractivity contribution in [1.29, 1.82) is 0 Å². The molecule has 5 nitrogen and oxygen atoms in total. The van der Waals surface area contributed by atoms with Crippen LogP contribution in [-0.4, -0.2) is 46.3 Å². The van der Waals surface area contributed by atoms with Gasteiger partial charge in [0.2, 0.25) is 0 Å². The molecule has 1 aromatic carbocycles. The Hall–Kier alpha value is -1.92. The van der Waals surface area contributed by atoms with Gasteiger partial charge in [-0.3, -0.25) is 4.90 Å². The summed E-state index contributed by atoms with van der Waals surface area (Å²) in [5, 5.41) is 5.55. The first-order valence-corrected chi connectivity index (χ1v) is 9.69. The van der Waals surface area contributed by atoms with Crippen LogP contribution in [0, 0.1) is 12.8 Å². The van der Waals surface area contributed by atoms with E-state index in [1.54, 1.807) is 11.3 Å². The number of aryl methyl sites for hydroxylation is 2. The molecule has 25 heavy (non-hydrogen) atoms. The van der Waals surface area contributed by atoms with Crippen molar-refractivity contribution in [3.8, 4) is 0 Å². The van der Waals surface area contributed by atoms with E-state index >= 15 is 0 Å². The number of likely N-dealkylation sites (tertiary alicyclic amines) is 1. The highest BCUT2D eigenvalue weighted by atomic mass is 32.1. The number of benzene rings is 1. The Bertz CT molecular complexity index is 819. The van der Waals surface area contributed by atoms with E-state index in [4.69, 9.17) is 4.98 Å². The fourth-order valence-electron chi connectivity index (χ4n) is 3.75. The summed E-state index contributed by atoms with van der Waals surface area (Å²) in [7, 11) is 4.14. The van der Waals surface area contributed by atoms with Crippen LogP contribution in [0.25, 0.3) is 10.3 Å². The molecule has 2 aromatic heterocycles. The van der Waals surface area contributed by atoms with E-state index in [2.05, 4.69) is 59.2 Å². The van der Waals surface area contributed by atoms with Gasteiger partial charge in [-0.1, -0.05) is 41.7 Å². The second kappa shape index (κ2) is 6.77. The van der Waals surface area contributed by atoms with Crippen LogP contribution >= 0.6 is 11.3 Å². The Morgan fingerprint density at radius 2 is 2.08 bits per heavy atom. The van der Waals surface area contributed by atoms with Crippen molar-refractivity contribution in [2.45, 2.75) is 19.9 Å². The van der Waals surface area contributed by atoms with Crippen LogP contribution < -0.4 is 4.90 Å². The molecule has 0 aliphatic carbocycles. The Morgan fingerprint density at radius 3 is 2.84 bits per heavy atom. The van der Waals surface area contributed by atoms with Crippen molar-refractivity contribution >= 4 is 26.8 Å². The van der Waals surface area contributed by atoms with Crippen molar-refractivity contribution in [2.24, 2.45) is 13.0 Å². The first-order valence-electron chi connectivity index (χ1n) is 8.87. The molecule has 0 amide bonds. The van der Waals surface area contributed by atoms with Crippen LogP contribution in [0.15, 0.2) is 30.3 Å². The van der Waals surface area contributed by atoms with Crippen LogP contribution in [0.3, 0.4) is 0 Å². The summed E-state index contributed by atoms with van der Waals surface area (Å²) in [6.45, 7) is 6.55. The van der Waals surface area contributed by atoms with Crippen molar-refractivity contribution in [3.05, 3.63) is 41.6 Å². The first kappa shape index (κ1) is 16.5. The van der Waals surface area contributed by atoms with Gasteiger partial charge in [0, 0.05) is 33.7 Å². The van der Waals surface area contributed by atoms with E-state index in [1.165, 1.54) is 29.8 Å². The quantitative estimate of drug-likeness (QED) is 0.704. The molecule has 1 atom stereocenters. The molecule has 4 rings (SSSR count). The minimum absolute atomic E-state index is 0.708. The summed E-state index contributed by atoms with van der Waals surface area (Å²) in [6, 6.07) is 10.8. The maximum atomic E-state index is 4.79. The summed E-state index contributed by atoms with van der Waals surface area (Å²) in [4.78, 5) is 9.68. The van der Waals surface area contributed by atoms with Crippen molar-refractivity contribution < 1.29 is 0 Å². The lowest BCUT2D eigenvalue weighted by molar-refractivity contribution is 0.317. The van der Waals surface area contributed by atoms with Crippen LogP contribution in [-0.2, 0) is 13.6 Å². The zero-order valence-electron chi connectivity index (χ0n) is 15.1. The van der Waals surface area contributed by atoms with Gasteiger partial charge >= 0.3 is 0 Å². The summed E-state index contributed by atoms with van der Waals surface area (Å²) < 4.78 is 3.09. The van der Waals surface area contributed by atoms with Crippen molar-refractivity contribution in [2.75, 3.05) is 31.6 Å². The van der Waals surface area contributed by atoms with E-state index in [0.29, 0.717) is 5.92 Å². The number of hydrogen-bond donors (Lipinski definition) is 0. The number of fused-ring (bicyclic) bond motifs is 1. The molecule has 6 heteroatoms. The predicted molar refractivity (Wildman–Crippen MR) is 104 cm³/mol. The van der Waals surface area contributed by atoms with Gasteiger partial charge in [-0.15, -0.1) is 0 Å². The lowest BCUT2D eigenvalue weighted by Crippen LogP contribution is -2.28. The minimum atomic E-state index is 0.708. The standard InChI is InChI=1S/C19H25N5S/c1-14-17-18(23(3)21-14)20-19(25-17)22(2)11-16-9-10-24(13-16)12-15-7-5-4-6-8-15/h4-8,16H,9-13H2,1-3H3. The van der Waals surface area contributed by atoms with Gasteiger partial charge in [-0.05, 0) is 31.4 Å². The summed E-state index contributed by atoms with van der Waals surface area (Å²) in [5.74, 6) is 0.708. The zero-order valence-corrected chi connectivity index (χ0v) is 16.0. The average molecular weight is 356 g/mol. The number of anilines is 1. The van der Waals surface area contributed by atoms with Gasteiger partial charge in [0.25, 0.3) is 0 Å². The minimum Gasteiger partial charge on any atom is -0.351 e. The molecule has 1 saturated heterocycles. The third kappa shape index (κ3) is 3.41. The van der Waals surface area contributed by atoms with Crippen LogP contribution in [0.5, 0.6) is 0 Å². The molecular formula is C19H25N5S. The number of hydrogen-bond acceptors (Lipinski definition) is 5. The molecule has 0 bridgehead atoms. The third-order valence-electron chi connectivity index (χ3n) is 5.01. The zero-order chi connectivity index (χ0) is 17.4. The fourth-order valence-corrected chi connectivity index (χ4v) is 4.75. The fraction of sp³-hybridized carbons (Fsp3) is 0.474. The lowest BCUT2D eigenvalue weighted by atomic mass is 10.1. The molecule has 132 valence electrons. The predicted octanol–water partition coefficient (Wildman–Crippen LogP) is 3.30. The second-order valence-electron chi connectivity index (χ2n) is 7.11. The molecular weight excluding hydrogens is 330 g/mol. The van der Waals surface area contributed by atoms with Crippen molar-refractivity contribution in [1.82, 2.24) is 19.7 Å². The molecule has 1 aliphatic rings. The Labute approximate surface area is 152 Å². The maximum absolute atomic E-state index is 4.79. The molecule has 0 spiro atoms. The van der Waals surface area contributed by atoms with E-state index in [0.717, 1.165) is 29.6 Å². The Balaban J connectivity index is 1.37. The van der Waals surface area contributed by atoms with E-state index < -0.39 is 0 Å². The number of rotatable bonds is 5. The summed E-state index contributed by atoms with van der Waals surface area (Å²) >= 11 is 1.76. The monoisotopic (exact) mass is 355 g/mol. The van der Waals surface area contributed by atoms with Crippen LogP contribution in [0.4, 0.5) is 5.13 Å². The highest BCUT2D eigenvalue weighted by Crippen LogP contribution is 2.31. The largest absolute Gasteiger partial charge is 0.351 e. The SMILES string of the molecule is Cc1nn(C)c2nc(N(C)CC3CCN(Cc4ccccc4)C3)sc12. The summed E-state index contributed by atoms with van der Waals surface area (Å²) in [6.07, 6.45) is 1.27. The van der Waals surface area contributed by atoms with Crippen LogP contribution in [0.1, 0.15) is 17.7 Å². The number of thiazole rings is 1. The van der Waals surface area contributed by atoms with Crippen LogP contribution in [0.2, 0.25) is 0 Å². The highest BCUT2D eigenvalue weighted by Gasteiger charge is 2.25. The van der Waals surface area contributed by atoms with Gasteiger partial charge in [0.05, 0.1) is 10.4 Å². The van der Waals surface area contributed by atoms with E-state index in [9.17, 15) is 0 Å². The van der Waals surface area contributed by atoms with Gasteiger partial charge in [0.15, 0.2) is 10.8 Å². The van der Waals surface area contributed by atoms with Gasteiger partial charge in [-0.2, -0.15) is 5.10 Å². The molecule has 1 unspecified atom stereocenters.